The second-order valence-electron chi connectivity index (χ2n) is 2.68. The summed E-state index contributed by atoms with van der Waals surface area (Å²) >= 11 is 0. The summed E-state index contributed by atoms with van der Waals surface area (Å²) in [5.74, 6) is -1.66. The zero-order valence-corrected chi connectivity index (χ0v) is 7.04. The van der Waals surface area contributed by atoms with Crippen LogP contribution in [0.3, 0.4) is 0 Å². The Morgan fingerprint density at radius 3 is 2.57 bits per heavy atom. The van der Waals surface area contributed by atoms with Crippen LogP contribution in [0.2, 0.25) is 0 Å². The molecule has 3 N–H and O–H groups in total. The van der Waals surface area contributed by atoms with Crippen molar-refractivity contribution in [3.8, 4) is 5.75 Å². The standard InChI is InChI=1S/C9H8O5/c10-4-6-3-5(1-2-7(6)11)8(12)9(13)14/h1-4,8,11-12H,(H,13,14). The van der Waals surface area contributed by atoms with Crippen molar-refractivity contribution in [2.75, 3.05) is 0 Å². The molecule has 0 spiro atoms. The summed E-state index contributed by atoms with van der Waals surface area (Å²) in [6.45, 7) is 0. The van der Waals surface area contributed by atoms with Gasteiger partial charge < -0.3 is 15.3 Å². The quantitative estimate of drug-likeness (QED) is 0.605. The van der Waals surface area contributed by atoms with E-state index >= 15 is 0 Å². The second-order valence-corrected chi connectivity index (χ2v) is 2.68. The fourth-order valence-corrected chi connectivity index (χ4v) is 0.980. The first kappa shape index (κ1) is 10.2. The predicted molar refractivity (Wildman–Crippen MR) is 46.1 cm³/mol. The molecule has 1 atom stereocenters. The topological polar surface area (TPSA) is 94.8 Å². The van der Waals surface area contributed by atoms with Gasteiger partial charge in [-0.15, -0.1) is 0 Å². The molecule has 0 fully saturated rings. The molecule has 74 valence electrons. The van der Waals surface area contributed by atoms with E-state index in [1.807, 2.05) is 0 Å². The van der Waals surface area contributed by atoms with Crippen molar-refractivity contribution in [2.45, 2.75) is 6.10 Å². The maximum absolute atomic E-state index is 10.4. The molecule has 1 aromatic rings. The Balaban J connectivity index is 3.12. The number of carboxylic acid groups (broad SMARTS) is 1. The molecule has 5 heteroatoms. The number of aliphatic hydroxyl groups excluding tert-OH is 1. The summed E-state index contributed by atoms with van der Waals surface area (Å²) in [6.07, 6.45) is -1.30. The van der Waals surface area contributed by atoms with Gasteiger partial charge >= 0.3 is 5.97 Å². The van der Waals surface area contributed by atoms with Crippen LogP contribution < -0.4 is 0 Å². The molecule has 0 aliphatic carbocycles. The van der Waals surface area contributed by atoms with Crippen molar-refractivity contribution in [2.24, 2.45) is 0 Å². The summed E-state index contributed by atoms with van der Waals surface area (Å²) in [6, 6.07) is 3.52. The van der Waals surface area contributed by atoms with Crippen molar-refractivity contribution in [3.63, 3.8) is 0 Å². The van der Waals surface area contributed by atoms with E-state index in [0.29, 0.717) is 6.29 Å². The lowest BCUT2D eigenvalue weighted by atomic mass is 10.1. The highest BCUT2D eigenvalue weighted by atomic mass is 16.4. The summed E-state index contributed by atoms with van der Waals surface area (Å²) in [5, 5.41) is 26.7. The first-order valence-corrected chi connectivity index (χ1v) is 3.75. The molecule has 0 bridgehead atoms. The molecule has 0 amide bonds. The zero-order valence-electron chi connectivity index (χ0n) is 7.04. The van der Waals surface area contributed by atoms with E-state index in [2.05, 4.69) is 0 Å². The van der Waals surface area contributed by atoms with Gasteiger partial charge in [0.2, 0.25) is 0 Å². The van der Waals surface area contributed by atoms with E-state index in [-0.39, 0.29) is 16.9 Å². The maximum Gasteiger partial charge on any atom is 0.337 e. The Hall–Kier alpha value is -1.88. The highest BCUT2D eigenvalue weighted by molar-refractivity contribution is 5.81. The first-order valence-electron chi connectivity index (χ1n) is 3.75. The number of aldehydes is 1. The van der Waals surface area contributed by atoms with Crippen LogP contribution in [0.5, 0.6) is 5.75 Å². The minimum absolute atomic E-state index is 0.0530. The van der Waals surface area contributed by atoms with Crippen LogP contribution in [0.15, 0.2) is 18.2 Å². The lowest BCUT2D eigenvalue weighted by Crippen LogP contribution is -2.10. The minimum Gasteiger partial charge on any atom is -0.507 e. The smallest absolute Gasteiger partial charge is 0.337 e. The molecule has 5 nitrogen and oxygen atoms in total. The van der Waals surface area contributed by atoms with Gasteiger partial charge in [0.05, 0.1) is 5.56 Å². The summed E-state index contributed by atoms with van der Waals surface area (Å²) in [5.41, 5.74) is 0.000185. The monoisotopic (exact) mass is 196 g/mol. The lowest BCUT2D eigenvalue weighted by molar-refractivity contribution is -0.146. The molecule has 0 heterocycles. The van der Waals surface area contributed by atoms with E-state index in [1.54, 1.807) is 0 Å². The maximum atomic E-state index is 10.4. The summed E-state index contributed by atoms with van der Waals surface area (Å²) in [7, 11) is 0. The third kappa shape index (κ3) is 1.89. The van der Waals surface area contributed by atoms with Gasteiger partial charge in [-0.3, -0.25) is 4.79 Å². The van der Waals surface area contributed by atoms with E-state index < -0.39 is 12.1 Å². The number of benzene rings is 1. The van der Waals surface area contributed by atoms with Crippen molar-refractivity contribution >= 4 is 12.3 Å². The molecule has 1 unspecified atom stereocenters. The Bertz CT molecular complexity index is 371. The molecular weight excluding hydrogens is 188 g/mol. The van der Waals surface area contributed by atoms with E-state index in [0.717, 1.165) is 12.1 Å². The van der Waals surface area contributed by atoms with Gasteiger partial charge in [-0.05, 0) is 17.7 Å². The lowest BCUT2D eigenvalue weighted by Gasteiger charge is -2.06. The third-order valence-corrected chi connectivity index (χ3v) is 1.73. The Labute approximate surface area is 79.2 Å². The van der Waals surface area contributed by atoms with Crippen LogP contribution in [-0.2, 0) is 4.79 Å². The van der Waals surface area contributed by atoms with Crippen LogP contribution in [-0.4, -0.2) is 27.6 Å². The SMILES string of the molecule is O=Cc1cc(C(O)C(=O)O)ccc1O. The molecule has 0 aliphatic rings. The number of hydrogen-bond donors (Lipinski definition) is 3. The number of carbonyl (C=O) groups excluding carboxylic acids is 1. The van der Waals surface area contributed by atoms with E-state index in [4.69, 9.17) is 15.3 Å². The number of aliphatic carboxylic acids is 1. The van der Waals surface area contributed by atoms with Crippen LogP contribution in [0.25, 0.3) is 0 Å². The van der Waals surface area contributed by atoms with Gasteiger partial charge in [0.1, 0.15) is 5.75 Å². The van der Waals surface area contributed by atoms with Crippen LogP contribution in [0.4, 0.5) is 0 Å². The minimum atomic E-state index is -1.69. The average Bonchev–Trinajstić information content (AvgIpc) is 2.17. The summed E-state index contributed by atoms with van der Waals surface area (Å²) in [4.78, 5) is 20.8. The number of phenolic OH excluding ortho intramolecular Hbond substituents is 1. The highest BCUT2D eigenvalue weighted by Crippen LogP contribution is 2.20. The number of rotatable bonds is 3. The van der Waals surface area contributed by atoms with Crippen LogP contribution in [0, 0.1) is 0 Å². The van der Waals surface area contributed by atoms with Gasteiger partial charge in [-0.1, -0.05) is 6.07 Å². The number of aromatic hydroxyl groups is 1. The van der Waals surface area contributed by atoms with Gasteiger partial charge in [-0.25, -0.2) is 4.79 Å². The van der Waals surface area contributed by atoms with Gasteiger partial charge in [0.25, 0.3) is 0 Å². The van der Waals surface area contributed by atoms with E-state index in [9.17, 15) is 9.59 Å². The number of hydrogen-bond acceptors (Lipinski definition) is 4. The molecule has 0 saturated carbocycles. The van der Waals surface area contributed by atoms with Crippen molar-refractivity contribution in [1.29, 1.82) is 0 Å². The zero-order chi connectivity index (χ0) is 10.7. The number of carboxylic acids is 1. The van der Waals surface area contributed by atoms with Crippen molar-refractivity contribution < 1.29 is 24.9 Å². The molecule has 0 saturated heterocycles. The summed E-state index contributed by atoms with van der Waals surface area (Å²) < 4.78 is 0. The molecule has 0 aromatic heterocycles. The fraction of sp³-hybridized carbons (Fsp3) is 0.111. The van der Waals surface area contributed by atoms with Gasteiger partial charge in [0.15, 0.2) is 12.4 Å². The molecule has 0 radical (unpaired) electrons. The molecule has 1 rings (SSSR count). The Kier molecular flexibility index (Phi) is 2.83. The Morgan fingerprint density at radius 1 is 1.43 bits per heavy atom. The van der Waals surface area contributed by atoms with Crippen molar-refractivity contribution in [3.05, 3.63) is 29.3 Å². The number of phenols is 1. The first-order chi connectivity index (χ1) is 6.56. The van der Waals surface area contributed by atoms with Gasteiger partial charge in [0, 0.05) is 0 Å². The third-order valence-electron chi connectivity index (χ3n) is 1.73. The van der Waals surface area contributed by atoms with Gasteiger partial charge in [-0.2, -0.15) is 0 Å². The van der Waals surface area contributed by atoms with E-state index in [1.165, 1.54) is 6.07 Å². The largest absolute Gasteiger partial charge is 0.507 e. The average molecular weight is 196 g/mol. The molecule has 0 aliphatic heterocycles. The number of carbonyl (C=O) groups is 2. The van der Waals surface area contributed by atoms with Crippen molar-refractivity contribution in [1.82, 2.24) is 0 Å². The fourth-order valence-electron chi connectivity index (χ4n) is 0.980. The molecule has 1 aromatic carbocycles. The normalized spacial score (nSPS) is 12.1. The predicted octanol–water partition coefficient (Wildman–Crippen LogP) is 0.323. The molecule has 14 heavy (non-hydrogen) atoms. The highest BCUT2D eigenvalue weighted by Gasteiger charge is 2.16. The van der Waals surface area contributed by atoms with Crippen LogP contribution in [0.1, 0.15) is 22.0 Å². The number of aliphatic hydroxyl groups is 1. The Morgan fingerprint density at radius 2 is 2.07 bits per heavy atom. The second kappa shape index (κ2) is 3.89. The van der Waals surface area contributed by atoms with Crippen LogP contribution >= 0.6 is 0 Å². The molecular formula is C9H8O5.